The first-order valence-electron chi connectivity index (χ1n) is 10.8. The van der Waals surface area contributed by atoms with Crippen LogP contribution < -0.4 is 25.4 Å². The summed E-state index contributed by atoms with van der Waals surface area (Å²) in [6.07, 6.45) is -1.15. The molecule has 0 bridgehead atoms. The number of anilines is 2. The lowest BCUT2D eigenvalue weighted by molar-refractivity contribution is -0.274. The molecule has 1 aliphatic rings. The van der Waals surface area contributed by atoms with Crippen LogP contribution in [0.15, 0.2) is 24.4 Å². The predicted octanol–water partition coefficient (Wildman–Crippen LogP) is 2.78. The molecule has 3 heterocycles. The summed E-state index contributed by atoms with van der Waals surface area (Å²) in [6, 6.07) is 4.98. The second-order valence-corrected chi connectivity index (χ2v) is 7.73. The van der Waals surface area contributed by atoms with Crippen LogP contribution >= 0.6 is 0 Å². The number of piperazine rings is 1. The number of nitrogens with zero attached hydrogens (tertiary/aromatic N) is 5. The lowest BCUT2D eigenvalue weighted by Crippen LogP contribution is -2.43. The van der Waals surface area contributed by atoms with Crippen molar-refractivity contribution in [1.82, 2.24) is 24.9 Å². The van der Waals surface area contributed by atoms with E-state index < -0.39 is 6.36 Å². The number of imidazole rings is 1. The Morgan fingerprint density at radius 1 is 1.21 bits per heavy atom. The molecule has 1 fully saturated rings. The summed E-state index contributed by atoms with van der Waals surface area (Å²) in [7, 11) is 0. The first-order chi connectivity index (χ1) is 15.8. The molecule has 9 nitrogen and oxygen atoms in total. The third kappa shape index (κ3) is 5.56. The molecule has 4 rings (SSSR count). The number of hydrogen-bond donors (Lipinski definition) is 2. The zero-order valence-corrected chi connectivity index (χ0v) is 18.2. The molecule has 1 aromatic carbocycles. The molecule has 0 spiro atoms. The fourth-order valence-corrected chi connectivity index (χ4v) is 3.67. The predicted molar refractivity (Wildman–Crippen MR) is 117 cm³/mol. The molecule has 1 aliphatic heterocycles. The zero-order chi connectivity index (χ0) is 23.4. The molecule has 1 saturated heterocycles. The van der Waals surface area contributed by atoms with Gasteiger partial charge in [-0.2, -0.15) is 4.98 Å². The highest BCUT2D eigenvalue weighted by Crippen LogP contribution is 2.35. The highest BCUT2D eigenvalue weighted by atomic mass is 19.4. The number of nitrogens with two attached hydrogens (primary N) is 1. The molecule has 3 N–H and O–H groups in total. The van der Waals surface area contributed by atoms with Gasteiger partial charge in [0.05, 0.1) is 24.2 Å². The number of nitrogens with one attached hydrogen (secondary N) is 1. The number of benzene rings is 1. The normalized spacial score (nSPS) is 14.6. The SMILES string of the molecule is CCCCOc1nc(N)c2ncc(Cc3ccc(N4CCNCC4)c(OC(F)(F)F)c3)n2n1. The molecule has 0 saturated carbocycles. The fraction of sp³-hybridized carbons (Fsp3) is 0.476. The van der Waals surface area contributed by atoms with E-state index in [-0.39, 0.29) is 24.0 Å². The Hall–Kier alpha value is -3.28. The van der Waals surface area contributed by atoms with Gasteiger partial charge in [-0.1, -0.05) is 19.4 Å². The summed E-state index contributed by atoms with van der Waals surface area (Å²) in [4.78, 5) is 10.3. The summed E-state index contributed by atoms with van der Waals surface area (Å²) in [5.74, 6) is -0.0636. The lowest BCUT2D eigenvalue weighted by atomic mass is 10.1. The smallest absolute Gasteiger partial charge is 0.462 e. The van der Waals surface area contributed by atoms with Gasteiger partial charge in [0.1, 0.15) is 0 Å². The Bertz CT molecular complexity index is 1100. The van der Waals surface area contributed by atoms with Crippen molar-refractivity contribution in [3.05, 3.63) is 35.7 Å². The number of nitrogen functional groups attached to an aromatic ring is 1. The van der Waals surface area contributed by atoms with Crippen LogP contribution in [0.4, 0.5) is 24.7 Å². The van der Waals surface area contributed by atoms with Gasteiger partial charge in [0.25, 0.3) is 0 Å². The van der Waals surface area contributed by atoms with E-state index in [0.29, 0.717) is 55.4 Å². The number of unbranched alkanes of at least 4 members (excludes halogenated alkanes) is 1. The number of aromatic nitrogens is 4. The molecule has 0 aliphatic carbocycles. The molecule has 3 aromatic rings. The van der Waals surface area contributed by atoms with Crippen molar-refractivity contribution in [2.24, 2.45) is 0 Å². The minimum absolute atomic E-state index is 0.128. The summed E-state index contributed by atoms with van der Waals surface area (Å²) >= 11 is 0. The van der Waals surface area contributed by atoms with E-state index in [1.807, 2.05) is 11.8 Å². The average Bonchev–Trinajstić information content (AvgIpc) is 3.17. The molecule has 33 heavy (non-hydrogen) atoms. The second-order valence-electron chi connectivity index (χ2n) is 7.73. The van der Waals surface area contributed by atoms with Gasteiger partial charge in [0, 0.05) is 32.6 Å². The van der Waals surface area contributed by atoms with Crippen LogP contribution in [0.1, 0.15) is 31.0 Å². The Kier molecular flexibility index (Phi) is 6.72. The highest BCUT2D eigenvalue weighted by molar-refractivity contribution is 5.62. The lowest BCUT2D eigenvalue weighted by Gasteiger charge is -2.31. The van der Waals surface area contributed by atoms with Gasteiger partial charge in [-0.15, -0.1) is 18.3 Å². The third-order valence-corrected chi connectivity index (χ3v) is 5.26. The minimum atomic E-state index is -4.79. The van der Waals surface area contributed by atoms with Gasteiger partial charge in [-0.3, -0.25) is 0 Å². The fourth-order valence-electron chi connectivity index (χ4n) is 3.67. The van der Waals surface area contributed by atoms with E-state index in [0.717, 1.165) is 12.8 Å². The summed E-state index contributed by atoms with van der Waals surface area (Å²) in [6.45, 7) is 5.07. The van der Waals surface area contributed by atoms with E-state index in [9.17, 15) is 13.2 Å². The van der Waals surface area contributed by atoms with Crippen molar-refractivity contribution in [3.8, 4) is 11.8 Å². The highest BCUT2D eigenvalue weighted by Gasteiger charge is 2.33. The Balaban J connectivity index is 1.63. The van der Waals surface area contributed by atoms with E-state index in [1.165, 1.54) is 10.6 Å². The molecule has 12 heteroatoms. The van der Waals surface area contributed by atoms with Crippen LogP contribution in [0, 0.1) is 0 Å². The quantitative estimate of drug-likeness (QED) is 0.490. The number of ether oxygens (including phenoxy) is 2. The zero-order valence-electron chi connectivity index (χ0n) is 18.2. The second kappa shape index (κ2) is 9.69. The first kappa shape index (κ1) is 22.9. The van der Waals surface area contributed by atoms with Gasteiger partial charge < -0.3 is 25.4 Å². The Morgan fingerprint density at radius 3 is 2.73 bits per heavy atom. The monoisotopic (exact) mass is 465 g/mol. The number of rotatable bonds is 8. The number of hydrogen-bond acceptors (Lipinski definition) is 8. The van der Waals surface area contributed by atoms with Crippen molar-refractivity contribution in [3.63, 3.8) is 0 Å². The maximum absolute atomic E-state index is 13.1. The molecule has 0 radical (unpaired) electrons. The minimum Gasteiger partial charge on any atom is -0.462 e. The third-order valence-electron chi connectivity index (χ3n) is 5.26. The Labute approximate surface area is 188 Å². The number of alkyl halides is 3. The van der Waals surface area contributed by atoms with Crippen LogP contribution in [-0.4, -0.2) is 58.7 Å². The summed E-state index contributed by atoms with van der Waals surface area (Å²) in [5, 5.41) is 7.54. The van der Waals surface area contributed by atoms with Crippen LogP contribution in [0.5, 0.6) is 11.8 Å². The summed E-state index contributed by atoms with van der Waals surface area (Å²) < 4.78 is 50.8. The molecule has 0 unspecified atom stereocenters. The van der Waals surface area contributed by atoms with Crippen LogP contribution in [0.3, 0.4) is 0 Å². The van der Waals surface area contributed by atoms with Crippen LogP contribution in [0.2, 0.25) is 0 Å². The van der Waals surface area contributed by atoms with Gasteiger partial charge in [0.15, 0.2) is 17.2 Å². The van der Waals surface area contributed by atoms with Gasteiger partial charge in [0.2, 0.25) is 0 Å². The standard InChI is InChI=1S/C21H26F3N7O2/c1-2-3-10-32-20-28-18(25)19-27-13-15(31(19)29-20)11-14-4-5-16(30-8-6-26-7-9-30)17(12-14)33-21(22,23)24/h4-5,12-13,26H,2-3,6-11H2,1H3,(H2,25,28,29). The van der Waals surface area contributed by atoms with Gasteiger partial charge in [-0.05, 0) is 24.1 Å². The molecule has 0 atom stereocenters. The van der Waals surface area contributed by atoms with E-state index >= 15 is 0 Å². The number of halogens is 3. The largest absolute Gasteiger partial charge is 0.573 e. The van der Waals surface area contributed by atoms with E-state index in [4.69, 9.17) is 10.5 Å². The maximum atomic E-state index is 13.1. The van der Waals surface area contributed by atoms with Crippen molar-refractivity contribution in [2.45, 2.75) is 32.5 Å². The number of fused-ring (bicyclic) bond motifs is 1. The van der Waals surface area contributed by atoms with E-state index in [1.54, 1.807) is 18.3 Å². The molecule has 178 valence electrons. The van der Waals surface area contributed by atoms with Crippen molar-refractivity contribution >= 4 is 17.2 Å². The Morgan fingerprint density at radius 2 is 2.00 bits per heavy atom. The summed E-state index contributed by atoms with van der Waals surface area (Å²) in [5.41, 5.74) is 8.01. The molecule has 0 amide bonds. The van der Waals surface area contributed by atoms with Crippen LogP contribution in [-0.2, 0) is 6.42 Å². The molecular weight excluding hydrogens is 439 g/mol. The maximum Gasteiger partial charge on any atom is 0.573 e. The van der Waals surface area contributed by atoms with Crippen molar-refractivity contribution < 1.29 is 22.6 Å². The van der Waals surface area contributed by atoms with Crippen molar-refractivity contribution in [2.75, 3.05) is 43.4 Å². The van der Waals surface area contributed by atoms with Crippen LogP contribution in [0.25, 0.3) is 5.65 Å². The van der Waals surface area contributed by atoms with Gasteiger partial charge >= 0.3 is 12.4 Å². The van der Waals surface area contributed by atoms with Crippen molar-refractivity contribution in [1.29, 1.82) is 0 Å². The van der Waals surface area contributed by atoms with Gasteiger partial charge in [-0.25, -0.2) is 9.50 Å². The average molecular weight is 465 g/mol. The molecular formula is C21H26F3N7O2. The van der Waals surface area contributed by atoms with E-state index in [2.05, 4.69) is 25.1 Å². The first-order valence-corrected chi connectivity index (χ1v) is 10.8. The molecule has 2 aromatic heterocycles. The topological polar surface area (TPSA) is 103 Å².